The normalized spacial score (nSPS) is 12.2. The lowest BCUT2D eigenvalue weighted by atomic mass is 10.1. The van der Waals surface area contributed by atoms with Gasteiger partial charge in [0.15, 0.2) is 0 Å². The maximum absolute atomic E-state index is 12.9. The molecule has 1 aromatic carbocycles. The van der Waals surface area contributed by atoms with Crippen molar-refractivity contribution in [2.24, 2.45) is 7.05 Å². The predicted octanol–water partition coefficient (Wildman–Crippen LogP) is 3.58. The summed E-state index contributed by atoms with van der Waals surface area (Å²) in [6.07, 6.45) is -3.44. The lowest BCUT2D eigenvalue weighted by molar-refractivity contribution is -0.141. The number of fused-ring (bicyclic) bond motifs is 3. The van der Waals surface area contributed by atoms with Crippen LogP contribution in [0.2, 0.25) is 0 Å². The third kappa shape index (κ3) is 2.45. The summed E-state index contributed by atoms with van der Waals surface area (Å²) in [4.78, 5) is 16.0. The minimum absolute atomic E-state index is 0.187. The number of alkyl halides is 3. The molecule has 132 valence electrons. The fourth-order valence-corrected chi connectivity index (χ4v) is 2.96. The van der Waals surface area contributed by atoms with Crippen molar-refractivity contribution in [2.45, 2.75) is 13.1 Å². The van der Waals surface area contributed by atoms with Gasteiger partial charge in [0.1, 0.15) is 11.3 Å². The van der Waals surface area contributed by atoms with Crippen molar-refractivity contribution in [3.8, 4) is 11.3 Å². The molecular weight excluding hydrogens is 345 g/mol. The van der Waals surface area contributed by atoms with Crippen LogP contribution >= 0.6 is 0 Å². The van der Waals surface area contributed by atoms with Crippen LogP contribution in [0.15, 0.2) is 47.4 Å². The van der Waals surface area contributed by atoms with Gasteiger partial charge in [-0.3, -0.25) is 14.3 Å². The van der Waals surface area contributed by atoms with Gasteiger partial charge >= 0.3 is 6.18 Å². The SMILES string of the molecule is Cc1ccc2c(c1)c(=O)n(C)c1cc(-c3ccnc(C(F)(F)F)c3)nn21. The maximum Gasteiger partial charge on any atom is 0.433 e. The van der Waals surface area contributed by atoms with E-state index in [9.17, 15) is 18.0 Å². The van der Waals surface area contributed by atoms with E-state index in [1.807, 2.05) is 13.0 Å². The molecule has 5 nitrogen and oxygen atoms in total. The van der Waals surface area contributed by atoms with Gasteiger partial charge < -0.3 is 0 Å². The summed E-state index contributed by atoms with van der Waals surface area (Å²) in [6.45, 7) is 1.88. The van der Waals surface area contributed by atoms with Crippen LogP contribution in [0.25, 0.3) is 27.8 Å². The summed E-state index contributed by atoms with van der Waals surface area (Å²) in [7, 11) is 1.61. The molecule has 4 rings (SSSR count). The van der Waals surface area contributed by atoms with Crippen molar-refractivity contribution >= 4 is 16.6 Å². The van der Waals surface area contributed by atoms with Gasteiger partial charge in [0.25, 0.3) is 5.56 Å². The Morgan fingerprint density at radius 3 is 2.58 bits per heavy atom. The number of nitrogens with zero attached hydrogens (tertiary/aromatic N) is 4. The Labute approximate surface area is 145 Å². The molecule has 0 saturated carbocycles. The molecule has 0 amide bonds. The van der Waals surface area contributed by atoms with Crippen molar-refractivity contribution in [2.75, 3.05) is 0 Å². The van der Waals surface area contributed by atoms with Gasteiger partial charge in [-0.05, 0) is 31.2 Å². The molecule has 0 fully saturated rings. The van der Waals surface area contributed by atoms with E-state index in [0.29, 0.717) is 22.2 Å². The molecular formula is C18H13F3N4O. The first-order valence-corrected chi connectivity index (χ1v) is 7.78. The highest BCUT2D eigenvalue weighted by Gasteiger charge is 2.32. The molecule has 0 aliphatic rings. The molecule has 0 aliphatic carbocycles. The molecule has 0 aliphatic heterocycles. The minimum Gasteiger partial charge on any atom is -0.296 e. The number of hydrogen-bond donors (Lipinski definition) is 0. The van der Waals surface area contributed by atoms with E-state index in [0.717, 1.165) is 17.8 Å². The molecule has 0 saturated heterocycles. The van der Waals surface area contributed by atoms with Gasteiger partial charge in [-0.2, -0.15) is 18.3 Å². The number of pyridine rings is 1. The monoisotopic (exact) mass is 358 g/mol. The molecule has 0 unspecified atom stereocenters. The Bertz CT molecular complexity index is 1220. The molecule has 0 N–H and O–H groups in total. The number of aryl methyl sites for hydroxylation is 2. The molecule has 0 atom stereocenters. The number of benzene rings is 1. The molecule has 0 spiro atoms. The van der Waals surface area contributed by atoms with E-state index in [1.54, 1.807) is 29.8 Å². The zero-order chi connectivity index (χ0) is 18.6. The summed E-state index contributed by atoms with van der Waals surface area (Å²) >= 11 is 0. The highest BCUT2D eigenvalue weighted by Crippen LogP contribution is 2.30. The van der Waals surface area contributed by atoms with Crippen LogP contribution in [0.3, 0.4) is 0 Å². The third-order valence-electron chi connectivity index (χ3n) is 4.30. The Hall–Kier alpha value is -3.16. The smallest absolute Gasteiger partial charge is 0.296 e. The first-order valence-electron chi connectivity index (χ1n) is 7.78. The van der Waals surface area contributed by atoms with Crippen molar-refractivity contribution < 1.29 is 13.2 Å². The number of halogens is 3. The van der Waals surface area contributed by atoms with Crippen molar-refractivity contribution in [1.82, 2.24) is 19.2 Å². The molecule has 8 heteroatoms. The summed E-state index contributed by atoms with van der Waals surface area (Å²) in [6, 6.07) is 9.41. The van der Waals surface area contributed by atoms with Crippen molar-refractivity contribution in [1.29, 1.82) is 0 Å². The molecule has 3 aromatic heterocycles. The molecule has 26 heavy (non-hydrogen) atoms. The van der Waals surface area contributed by atoms with E-state index in [1.165, 1.54) is 10.6 Å². The number of rotatable bonds is 1. The highest BCUT2D eigenvalue weighted by atomic mass is 19.4. The zero-order valence-corrected chi connectivity index (χ0v) is 13.9. The molecule has 3 heterocycles. The highest BCUT2D eigenvalue weighted by molar-refractivity contribution is 5.82. The van der Waals surface area contributed by atoms with Crippen LogP contribution in [-0.4, -0.2) is 19.2 Å². The van der Waals surface area contributed by atoms with E-state index < -0.39 is 11.9 Å². The molecule has 0 radical (unpaired) electrons. The second-order valence-corrected chi connectivity index (χ2v) is 6.11. The molecule has 0 bridgehead atoms. The molecule has 4 aromatic rings. The second-order valence-electron chi connectivity index (χ2n) is 6.11. The fraction of sp³-hybridized carbons (Fsp3) is 0.167. The topological polar surface area (TPSA) is 52.2 Å². The quantitative estimate of drug-likeness (QED) is 0.523. The van der Waals surface area contributed by atoms with Crippen LogP contribution in [0.1, 0.15) is 11.3 Å². The largest absolute Gasteiger partial charge is 0.433 e. The van der Waals surface area contributed by atoms with Crippen molar-refractivity contribution in [3.05, 3.63) is 64.2 Å². The van der Waals surface area contributed by atoms with E-state index in [-0.39, 0.29) is 11.1 Å². The second kappa shape index (κ2) is 5.42. The van der Waals surface area contributed by atoms with Gasteiger partial charge in [-0.25, -0.2) is 4.52 Å². The summed E-state index contributed by atoms with van der Waals surface area (Å²) < 4.78 is 41.8. The number of aromatic nitrogens is 4. The lowest BCUT2D eigenvalue weighted by Crippen LogP contribution is -2.19. The fourth-order valence-electron chi connectivity index (χ4n) is 2.96. The Morgan fingerprint density at radius 1 is 1.08 bits per heavy atom. The first kappa shape index (κ1) is 16.3. The van der Waals surface area contributed by atoms with Crippen LogP contribution in [0, 0.1) is 6.92 Å². The van der Waals surface area contributed by atoms with Crippen LogP contribution < -0.4 is 5.56 Å². The average molecular weight is 358 g/mol. The lowest BCUT2D eigenvalue weighted by Gasteiger charge is -2.06. The van der Waals surface area contributed by atoms with Crippen LogP contribution in [0.5, 0.6) is 0 Å². The predicted molar refractivity (Wildman–Crippen MR) is 90.9 cm³/mol. The average Bonchev–Trinajstić information content (AvgIpc) is 3.04. The van der Waals surface area contributed by atoms with E-state index in [4.69, 9.17) is 0 Å². The van der Waals surface area contributed by atoms with Crippen LogP contribution in [0.4, 0.5) is 13.2 Å². The Kier molecular flexibility index (Phi) is 3.40. The Morgan fingerprint density at radius 2 is 1.85 bits per heavy atom. The van der Waals surface area contributed by atoms with Gasteiger partial charge in [-0.1, -0.05) is 11.6 Å². The first-order chi connectivity index (χ1) is 12.3. The van der Waals surface area contributed by atoms with Gasteiger partial charge in [-0.15, -0.1) is 0 Å². The standard InChI is InChI=1S/C18H13F3N4O/c1-10-3-4-14-12(7-10)17(26)24(2)16-9-13(23-25(14)16)11-5-6-22-15(8-11)18(19,20)21/h3-9H,1-2H3. The van der Waals surface area contributed by atoms with E-state index in [2.05, 4.69) is 10.1 Å². The van der Waals surface area contributed by atoms with E-state index >= 15 is 0 Å². The van der Waals surface area contributed by atoms with Crippen molar-refractivity contribution in [3.63, 3.8) is 0 Å². The summed E-state index contributed by atoms with van der Waals surface area (Å²) in [5, 5.41) is 4.93. The van der Waals surface area contributed by atoms with Gasteiger partial charge in [0.2, 0.25) is 0 Å². The zero-order valence-electron chi connectivity index (χ0n) is 13.9. The van der Waals surface area contributed by atoms with Gasteiger partial charge in [0.05, 0.1) is 16.6 Å². The summed E-state index contributed by atoms with van der Waals surface area (Å²) in [5.74, 6) is 0. The maximum atomic E-state index is 12.9. The van der Waals surface area contributed by atoms with Crippen LogP contribution in [-0.2, 0) is 13.2 Å². The Balaban J connectivity index is 2.01. The number of hydrogen-bond acceptors (Lipinski definition) is 3. The van der Waals surface area contributed by atoms with Gasteiger partial charge in [0, 0.05) is 24.9 Å². The third-order valence-corrected chi connectivity index (χ3v) is 4.30. The summed E-state index contributed by atoms with van der Waals surface area (Å²) in [5.41, 5.74) is 1.47. The minimum atomic E-state index is -4.54.